The molecule has 0 aliphatic carbocycles. The van der Waals surface area contributed by atoms with Gasteiger partial charge in [0.15, 0.2) is 5.78 Å². The Morgan fingerprint density at radius 3 is 2.83 bits per heavy atom. The maximum Gasteiger partial charge on any atom is 0.179 e. The van der Waals surface area contributed by atoms with Crippen molar-refractivity contribution in [2.75, 3.05) is 5.88 Å². The Labute approximate surface area is 119 Å². The number of aromatic nitrogens is 2. The Kier molecular flexibility index (Phi) is 3.88. The van der Waals surface area contributed by atoms with Crippen LogP contribution in [0.2, 0.25) is 0 Å². The molecule has 0 fully saturated rings. The van der Waals surface area contributed by atoms with Gasteiger partial charge in [0.25, 0.3) is 0 Å². The van der Waals surface area contributed by atoms with Crippen molar-refractivity contribution >= 4 is 33.3 Å². The van der Waals surface area contributed by atoms with Gasteiger partial charge in [0, 0.05) is 29.3 Å². The van der Waals surface area contributed by atoms with Crippen molar-refractivity contribution in [2.24, 2.45) is 0 Å². The zero-order valence-electron chi connectivity index (χ0n) is 10.1. The quantitative estimate of drug-likeness (QED) is 0.637. The van der Waals surface area contributed by atoms with Gasteiger partial charge in [0.1, 0.15) is 0 Å². The maximum absolute atomic E-state index is 11.7. The Bertz CT molecular complexity index is 607. The minimum absolute atomic E-state index is 0.00179. The molecule has 2 heterocycles. The molecule has 0 unspecified atom stereocenters. The number of carbonyl (C=O) groups excluding carboxylic acids is 1. The summed E-state index contributed by atoms with van der Waals surface area (Å²) in [5, 5.41) is 0. The van der Waals surface area contributed by atoms with Crippen LogP contribution in [-0.2, 0) is 0 Å². The number of pyridine rings is 1. The third-order valence-corrected chi connectivity index (χ3v) is 3.70. The predicted molar refractivity (Wildman–Crippen MR) is 75.8 cm³/mol. The zero-order valence-corrected chi connectivity index (χ0v) is 12.4. The third-order valence-electron chi connectivity index (χ3n) is 2.84. The molecule has 18 heavy (non-hydrogen) atoms. The molecule has 0 radical (unpaired) electrons. The highest BCUT2D eigenvalue weighted by Crippen LogP contribution is 2.26. The first-order valence-corrected chi connectivity index (χ1v) is 6.77. The molecule has 3 nitrogen and oxygen atoms in total. The predicted octanol–water partition coefficient (Wildman–Crippen LogP) is 3.67. The van der Waals surface area contributed by atoms with Gasteiger partial charge < -0.3 is 4.57 Å². The lowest BCUT2D eigenvalue weighted by Crippen LogP contribution is -2.04. The summed E-state index contributed by atoms with van der Waals surface area (Å²) in [5.41, 5.74) is 3.53. The lowest BCUT2D eigenvalue weighted by atomic mass is 10.2. The van der Waals surface area contributed by atoms with E-state index in [1.807, 2.05) is 30.5 Å². The summed E-state index contributed by atoms with van der Waals surface area (Å²) in [6.45, 7) is 3.88. The summed E-state index contributed by atoms with van der Waals surface area (Å²) in [6, 6.07) is 3.77. The van der Waals surface area contributed by atoms with Crippen LogP contribution in [-0.4, -0.2) is 21.2 Å². The van der Waals surface area contributed by atoms with Crippen molar-refractivity contribution in [2.45, 2.75) is 13.8 Å². The summed E-state index contributed by atoms with van der Waals surface area (Å²) in [5.74, 6) is -0.0527. The van der Waals surface area contributed by atoms with Crippen molar-refractivity contribution in [3.63, 3.8) is 0 Å². The van der Waals surface area contributed by atoms with Gasteiger partial charge in [0.05, 0.1) is 16.0 Å². The van der Waals surface area contributed by atoms with E-state index in [0.29, 0.717) is 5.56 Å². The van der Waals surface area contributed by atoms with Gasteiger partial charge in [-0.1, -0.05) is 0 Å². The summed E-state index contributed by atoms with van der Waals surface area (Å²) in [4.78, 5) is 15.8. The van der Waals surface area contributed by atoms with Crippen LogP contribution in [0.5, 0.6) is 0 Å². The van der Waals surface area contributed by atoms with Gasteiger partial charge in [0.2, 0.25) is 0 Å². The number of hydrogen-bond donors (Lipinski definition) is 0. The van der Waals surface area contributed by atoms with Crippen molar-refractivity contribution in [1.82, 2.24) is 9.55 Å². The number of alkyl halides is 1. The first-order valence-electron chi connectivity index (χ1n) is 5.44. The number of Topliss-reactive ketones (excluding diaryl/α,β-unsaturated/α-hetero) is 1. The van der Waals surface area contributed by atoms with E-state index in [2.05, 4.69) is 20.9 Å². The first-order chi connectivity index (χ1) is 8.56. The molecule has 2 rings (SSSR count). The molecule has 2 aromatic rings. The lowest BCUT2D eigenvalue weighted by molar-refractivity contribution is 0.102. The minimum atomic E-state index is -0.0544. The van der Waals surface area contributed by atoms with Crippen LogP contribution in [0.3, 0.4) is 0 Å². The number of rotatable bonds is 3. The molecule has 0 aliphatic heterocycles. The second-order valence-electron chi connectivity index (χ2n) is 4.00. The zero-order chi connectivity index (χ0) is 13.3. The number of nitrogens with zero attached hydrogens (tertiary/aromatic N) is 2. The SMILES string of the molecule is Cc1cc(C(=O)CCl)c(C)n1-c1ccncc1Br. The van der Waals surface area contributed by atoms with Gasteiger partial charge in [-0.15, -0.1) is 11.6 Å². The molecule has 2 aromatic heterocycles. The van der Waals surface area contributed by atoms with Crippen molar-refractivity contribution in [3.8, 4) is 5.69 Å². The molecule has 0 aliphatic rings. The normalized spacial score (nSPS) is 10.7. The molecule has 0 saturated carbocycles. The highest BCUT2D eigenvalue weighted by molar-refractivity contribution is 9.10. The van der Waals surface area contributed by atoms with E-state index >= 15 is 0 Å². The number of halogens is 2. The van der Waals surface area contributed by atoms with Crippen molar-refractivity contribution in [1.29, 1.82) is 0 Å². The van der Waals surface area contributed by atoms with E-state index in [1.54, 1.807) is 12.4 Å². The second-order valence-corrected chi connectivity index (χ2v) is 5.13. The van der Waals surface area contributed by atoms with Crippen molar-refractivity contribution in [3.05, 3.63) is 46.0 Å². The molecule has 94 valence electrons. The molecule has 0 bridgehead atoms. The summed E-state index contributed by atoms with van der Waals surface area (Å²) >= 11 is 9.09. The average Bonchev–Trinajstić information content (AvgIpc) is 2.65. The van der Waals surface area contributed by atoms with E-state index in [-0.39, 0.29) is 11.7 Å². The number of ketones is 1. The molecule has 0 spiro atoms. The maximum atomic E-state index is 11.7. The van der Waals surface area contributed by atoms with Crippen LogP contribution in [0.25, 0.3) is 5.69 Å². The molecule has 0 saturated heterocycles. The smallest absolute Gasteiger partial charge is 0.179 e. The standard InChI is InChI=1S/C13H12BrClN2O/c1-8-5-10(13(18)6-15)9(2)17(8)12-3-4-16-7-11(12)14/h3-5,7H,6H2,1-2H3. The van der Waals surface area contributed by atoms with Gasteiger partial charge in [-0.05, 0) is 41.9 Å². The van der Waals surface area contributed by atoms with Crippen LogP contribution in [0, 0.1) is 13.8 Å². The highest BCUT2D eigenvalue weighted by Gasteiger charge is 2.16. The topological polar surface area (TPSA) is 34.9 Å². The van der Waals surface area contributed by atoms with Gasteiger partial charge in [-0.25, -0.2) is 0 Å². The second kappa shape index (κ2) is 5.24. The number of aryl methyl sites for hydroxylation is 1. The Morgan fingerprint density at radius 2 is 2.22 bits per heavy atom. The van der Waals surface area contributed by atoms with E-state index in [9.17, 15) is 4.79 Å². The molecule has 5 heteroatoms. The molecular formula is C13H12BrClN2O. The minimum Gasteiger partial charge on any atom is -0.317 e. The molecule has 0 aromatic carbocycles. The van der Waals surface area contributed by atoms with E-state index in [0.717, 1.165) is 21.5 Å². The summed E-state index contributed by atoms with van der Waals surface area (Å²) < 4.78 is 2.91. The average molecular weight is 328 g/mol. The largest absolute Gasteiger partial charge is 0.317 e. The Hall–Kier alpha value is -1.13. The van der Waals surface area contributed by atoms with Gasteiger partial charge in [-0.3, -0.25) is 9.78 Å². The van der Waals surface area contributed by atoms with Crippen LogP contribution >= 0.6 is 27.5 Å². The number of hydrogen-bond acceptors (Lipinski definition) is 2. The molecular weight excluding hydrogens is 316 g/mol. The lowest BCUT2D eigenvalue weighted by Gasteiger charge is -2.11. The van der Waals surface area contributed by atoms with Crippen LogP contribution in [0.1, 0.15) is 21.7 Å². The molecule has 0 atom stereocenters. The van der Waals surface area contributed by atoms with Gasteiger partial charge >= 0.3 is 0 Å². The monoisotopic (exact) mass is 326 g/mol. The molecule has 0 amide bonds. The number of carbonyl (C=O) groups is 1. The van der Waals surface area contributed by atoms with Gasteiger partial charge in [-0.2, -0.15) is 0 Å². The van der Waals surface area contributed by atoms with E-state index in [4.69, 9.17) is 11.6 Å². The highest BCUT2D eigenvalue weighted by atomic mass is 79.9. The van der Waals surface area contributed by atoms with Crippen LogP contribution in [0.4, 0.5) is 0 Å². The fraction of sp³-hybridized carbons (Fsp3) is 0.231. The summed E-state index contributed by atoms with van der Waals surface area (Å²) in [6.07, 6.45) is 3.46. The van der Waals surface area contributed by atoms with E-state index in [1.165, 1.54) is 0 Å². The fourth-order valence-corrected chi connectivity index (χ4v) is 2.61. The van der Waals surface area contributed by atoms with E-state index < -0.39 is 0 Å². The third kappa shape index (κ3) is 2.22. The van der Waals surface area contributed by atoms with Crippen LogP contribution < -0.4 is 0 Å². The Balaban J connectivity index is 2.63. The van der Waals surface area contributed by atoms with Crippen molar-refractivity contribution < 1.29 is 4.79 Å². The first kappa shape index (κ1) is 13.3. The summed E-state index contributed by atoms with van der Waals surface area (Å²) in [7, 11) is 0. The Morgan fingerprint density at radius 1 is 1.50 bits per heavy atom. The fourth-order valence-electron chi connectivity index (χ4n) is 2.04. The molecule has 0 N–H and O–H groups in total. The van der Waals surface area contributed by atoms with Crippen LogP contribution in [0.15, 0.2) is 29.0 Å².